The number of carbonyl (C=O) groups is 1. The van der Waals surface area contributed by atoms with Crippen molar-refractivity contribution in [3.63, 3.8) is 0 Å². The minimum Gasteiger partial charge on any atom is -0.870 e. The molecule has 0 aliphatic heterocycles. The van der Waals surface area contributed by atoms with Crippen LogP contribution in [0.1, 0.15) is 22.8 Å². The molecule has 0 bridgehead atoms. The second kappa shape index (κ2) is 12.6. The number of nitrogens with one attached hydrogen (secondary N) is 1. The molecule has 1 amide bonds. The Balaban J connectivity index is 0.00000420. The van der Waals surface area contributed by atoms with Crippen LogP contribution in [-0.2, 0) is 16.5 Å². The number of amides is 1. The van der Waals surface area contributed by atoms with Crippen LogP contribution in [-0.4, -0.2) is 26.0 Å². The van der Waals surface area contributed by atoms with Crippen molar-refractivity contribution in [1.82, 2.24) is 0 Å². The maximum absolute atomic E-state index is 13.4. The van der Waals surface area contributed by atoms with Crippen molar-refractivity contribution in [3.8, 4) is 11.5 Å². The van der Waals surface area contributed by atoms with Crippen molar-refractivity contribution in [2.75, 3.05) is 12.4 Å². The van der Waals surface area contributed by atoms with Gasteiger partial charge in [-0.1, -0.05) is 60.1 Å². The summed E-state index contributed by atoms with van der Waals surface area (Å²) in [7, 11) is -3.26. The van der Waals surface area contributed by atoms with Gasteiger partial charge in [-0.2, -0.15) is 13.5 Å². The molecule has 0 aliphatic rings. The standard InChI is InChI=1S/C26H21Cl2N3O6S.Na/c1-3-14-9-22(23(13-21(14)28)38(34,35)36)30-31-24-19-7-5-4-6-15(19)8-20(25(24)32)26(33)29-17-10-16(27)11-18(12-17)37-2;/h4-13,32H,3H2,1-2H3,(H,29,33)(H,34,35,36);/q;+1/p-1. The van der Waals surface area contributed by atoms with Crippen LogP contribution in [0.15, 0.2) is 75.8 Å². The molecule has 0 atom stereocenters. The molecular formula is C26H20Cl2N3NaO6S. The summed E-state index contributed by atoms with van der Waals surface area (Å²) in [5.74, 6) is -1.05. The first-order valence-corrected chi connectivity index (χ1v) is 13.3. The van der Waals surface area contributed by atoms with E-state index in [0.717, 1.165) is 6.07 Å². The number of fused-ring (bicyclic) bond motifs is 1. The van der Waals surface area contributed by atoms with Crippen LogP contribution < -0.4 is 44.7 Å². The molecule has 2 N–H and O–H groups in total. The number of benzene rings is 4. The van der Waals surface area contributed by atoms with Crippen molar-refractivity contribution >= 4 is 67.1 Å². The van der Waals surface area contributed by atoms with Crippen LogP contribution in [0, 0.1) is 0 Å². The Morgan fingerprint density at radius 3 is 2.46 bits per heavy atom. The van der Waals surface area contributed by atoms with E-state index in [4.69, 9.17) is 27.9 Å². The summed E-state index contributed by atoms with van der Waals surface area (Å²) in [4.78, 5) is 12.6. The molecular weight excluding hydrogens is 576 g/mol. The van der Waals surface area contributed by atoms with E-state index in [2.05, 4.69) is 15.5 Å². The molecule has 39 heavy (non-hydrogen) atoms. The van der Waals surface area contributed by atoms with Crippen LogP contribution in [0.2, 0.25) is 10.0 Å². The van der Waals surface area contributed by atoms with Gasteiger partial charge in [-0.25, -0.2) is 0 Å². The fraction of sp³-hybridized carbons (Fsp3) is 0.115. The molecule has 0 radical (unpaired) electrons. The minimum absolute atomic E-state index is 0. The molecule has 0 unspecified atom stereocenters. The molecule has 0 aliphatic carbocycles. The first kappa shape index (κ1) is 30.8. The SMILES string of the molecule is CCc1cc(N=Nc2c([O-])c(C(=O)Nc3cc(Cl)cc(OC)c3)cc3ccccc23)c(S(=O)(=O)O)cc1Cl.[Na+]. The Kier molecular flexibility index (Phi) is 10.0. The zero-order valence-electron chi connectivity index (χ0n) is 21.0. The molecule has 13 heteroatoms. The molecule has 0 spiro atoms. The van der Waals surface area contributed by atoms with E-state index in [0.29, 0.717) is 39.2 Å². The Hall–Kier alpha value is -2.70. The third kappa shape index (κ3) is 6.90. The first-order valence-electron chi connectivity index (χ1n) is 11.1. The summed E-state index contributed by atoms with van der Waals surface area (Å²) >= 11 is 12.2. The third-order valence-corrected chi connectivity index (χ3v) is 7.08. The number of ether oxygens (including phenoxy) is 1. The van der Waals surface area contributed by atoms with Crippen LogP contribution >= 0.6 is 23.2 Å². The number of hydrogen-bond donors (Lipinski definition) is 2. The van der Waals surface area contributed by atoms with Crippen LogP contribution in [0.25, 0.3) is 10.8 Å². The normalized spacial score (nSPS) is 11.4. The van der Waals surface area contributed by atoms with E-state index in [-0.39, 0.29) is 51.5 Å². The topological polar surface area (TPSA) is 140 Å². The van der Waals surface area contributed by atoms with Crippen LogP contribution in [0.3, 0.4) is 0 Å². The molecule has 4 aromatic carbocycles. The molecule has 0 aromatic heterocycles. The molecule has 4 aromatic rings. The fourth-order valence-corrected chi connectivity index (χ4v) is 4.99. The summed E-state index contributed by atoms with van der Waals surface area (Å²) in [6.45, 7) is 1.80. The van der Waals surface area contributed by atoms with Crippen molar-refractivity contribution < 1.29 is 57.2 Å². The predicted molar refractivity (Wildman–Crippen MR) is 144 cm³/mol. The summed E-state index contributed by atoms with van der Waals surface area (Å²) in [5.41, 5.74) is 0.243. The number of anilines is 1. The number of azo groups is 1. The fourth-order valence-electron chi connectivity index (χ4n) is 3.77. The second-order valence-corrected chi connectivity index (χ2v) is 10.3. The van der Waals surface area contributed by atoms with Gasteiger partial charge in [0.25, 0.3) is 16.0 Å². The summed E-state index contributed by atoms with van der Waals surface area (Å²) in [6.07, 6.45) is 0.451. The zero-order chi connectivity index (χ0) is 27.6. The van der Waals surface area contributed by atoms with Crippen molar-refractivity contribution in [2.24, 2.45) is 10.2 Å². The monoisotopic (exact) mass is 595 g/mol. The molecule has 9 nitrogen and oxygen atoms in total. The molecule has 0 heterocycles. The second-order valence-electron chi connectivity index (χ2n) is 8.10. The Morgan fingerprint density at radius 2 is 1.79 bits per heavy atom. The molecule has 0 fully saturated rings. The van der Waals surface area contributed by atoms with Gasteiger partial charge in [0, 0.05) is 32.7 Å². The van der Waals surface area contributed by atoms with E-state index < -0.39 is 26.7 Å². The number of carbonyl (C=O) groups excluding carboxylic acids is 1. The maximum Gasteiger partial charge on any atom is 1.00 e. The van der Waals surface area contributed by atoms with Gasteiger partial charge >= 0.3 is 29.6 Å². The van der Waals surface area contributed by atoms with Gasteiger partial charge in [0.1, 0.15) is 16.3 Å². The van der Waals surface area contributed by atoms with Gasteiger partial charge in [0.15, 0.2) is 0 Å². The number of halogens is 2. The predicted octanol–water partition coefficient (Wildman–Crippen LogP) is 3.71. The Labute approximate surface area is 256 Å². The Bertz CT molecular complexity index is 1710. The molecule has 0 saturated heterocycles. The van der Waals surface area contributed by atoms with Crippen LogP contribution in [0.5, 0.6) is 11.5 Å². The number of methoxy groups -OCH3 is 1. The number of aryl methyl sites for hydroxylation is 1. The first-order chi connectivity index (χ1) is 18.0. The van der Waals surface area contributed by atoms with E-state index in [9.17, 15) is 22.9 Å². The maximum atomic E-state index is 13.4. The number of hydrogen-bond acceptors (Lipinski definition) is 7. The number of rotatable bonds is 7. The molecule has 4 rings (SSSR count). The van der Waals surface area contributed by atoms with Gasteiger partial charge in [-0.15, -0.1) is 5.11 Å². The zero-order valence-corrected chi connectivity index (χ0v) is 25.4. The van der Waals surface area contributed by atoms with Gasteiger partial charge in [0.05, 0.1) is 12.8 Å². The van der Waals surface area contributed by atoms with Crippen molar-refractivity contribution in [2.45, 2.75) is 18.2 Å². The summed E-state index contributed by atoms with van der Waals surface area (Å²) < 4.78 is 38.7. The van der Waals surface area contributed by atoms with Gasteiger partial charge < -0.3 is 15.2 Å². The molecule has 0 saturated carbocycles. The van der Waals surface area contributed by atoms with E-state index in [1.165, 1.54) is 25.3 Å². The van der Waals surface area contributed by atoms with Crippen molar-refractivity contribution in [1.29, 1.82) is 0 Å². The van der Waals surface area contributed by atoms with Crippen molar-refractivity contribution in [3.05, 3.63) is 81.8 Å². The summed E-state index contributed by atoms with van der Waals surface area (Å²) in [6, 6.07) is 15.2. The smallest absolute Gasteiger partial charge is 0.870 e. The molecule has 196 valence electrons. The van der Waals surface area contributed by atoms with Gasteiger partial charge in [-0.05, 0) is 47.7 Å². The Morgan fingerprint density at radius 1 is 1.08 bits per heavy atom. The van der Waals surface area contributed by atoms with Gasteiger partial charge in [0.2, 0.25) is 0 Å². The quantitative estimate of drug-likeness (QED) is 0.189. The van der Waals surface area contributed by atoms with E-state index in [1.54, 1.807) is 43.3 Å². The van der Waals surface area contributed by atoms with Crippen LogP contribution in [0.4, 0.5) is 17.1 Å². The third-order valence-electron chi connectivity index (χ3n) is 5.63. The average Bonchev–Trinajstić information content (AvgIpc) is 2.87. The largest absolute Gasteiger partial charge is 1.00 e. The van der Waals surface area contributed by atoms with Gasteiger partial charge in [-0.3, -0.25) is 9.35 Å². The number of nitrogens with zero attached hydrogens (tertiary/aromatic N) is 2. The minimum atomic E-state index is -4.70. The summed E-state index contributed by atoms with van der Waals surface area (Å²) in [5, 5.41) is 25.5. The average molecular weight is 596 g/mol. The van der Waals surface area contributed by atoms with E-state index in [1.807, 2.05) is 0 Å². The van der Waals surface area contributed by atoms with E-state index >= 15 is 0 Å².